The number of furan rings is 1. The molecule has 1 N–H and O–H groups in total. The van der Waals surface area contributed by atoms with Gasteiger partial charge in [-0.25, -0.2) is 9.48 Å². The molecule has 4 heterocycles. The van der Waals surface area contributed by atoms with Gasteiger partial charge in [-0.1, -0.05) is 18.2 Å². The lowest BCUT2D eigenvalue weighted by molar-refractivity contribution is 0.103. The minimum absolute atomic E-state index is 0.501. The Kier molecular flexibility index (Phi) is 5.82. The number of fused-ring (bicyclic) bond motifs is 1. The third-order valence-corrected chi connectivity index (χ3v) is 6.59. The maximum Gasteiger partial charge on any atom is 0.407 e. The number of ether oxygens (including phenoxy) is 2. The van der Waals surface area contributed by atoms with Crippen LogP contribution in [0.1, 0.15) is 5.56 Å². The van der Waals surface area contributed by atoms with Crippen LogP contribution in [0.3, 0.4) is 0 Å². The van der Waals surface area contributed by atoms with Gasteiger partial charge in [0.1, 0.15) is 18.9 Å². The maximum absolute atomic E-state index is 11.2. The summed E-state index contributed by atoms with van der Waals surface area (Å²) >= 11 is 0. The molecule has 6 rings (SSSR count). The molecule has 1 fully saturated rings. The summed E-state index contributed by atoms with van der Waals surface area (Å²) in [6.07, 6.45) is 2.81. The minimum Gasteiger partial charge on any atom is -0.486 e. The Balaban J connectivity index is 1.24. The van der Waals surface area contributed by atoms with Crippen molar-refractivity contribution < 1.29 is 23.8 Å². The van der Waals surface area contributed by atoms with E-state index in [-0.39, 0.29) is 0 Å². The highest BCUT2D eigenvalue weighted by Gasteiger charge is 2.23. The van der Waals surface area contributed by atoms with Crippen LogP contribution in [0.15, 0.2) is 71.5 Å². The van der Waals surface area contributed by atoms with Crippen LogP contribution in [0, 0.1) is 0 Å². The van der Waals surface area contributed by atoms with Crippen molar-refractivity contribution in [3.63, 3.8) is 0 Å². The Bertz CT molecular complexity index is 1360. The van der Waals surface area contributed by atoms with Crippen LogP contribution in [0.25, 0.3) is 28.3 Å². The van der Waals surface area contributed by atoms with E-state index in [9.17, 15) is 9.90 Å². The first kappa shape index (κ1) is 22.2. The number of amides is 1. The second-order valence-electron chi connectivity index (χ2n) is 8.88. The maximum atomic E-state index is 11.2. The quantitative estimate of drug-likeness (QED) is 0.448. The molecule has 9 heteroatoms. The zero-order valence-electron chi connectivity index (χ0n) is 19.7. The van der Waals surface area contributed by atoms with E-state index >= 15 is 0 Å². The molecule has 184 valence electrons. The number of hydrogen-bond donors (Lipinski definition) is 1. The third-order valence-electron chi connectivity index (χ3n) is 6.59. The van der Waals surface area contributed by atoms with Gasteiger partial charge < -0.3 is 23.9 Å². The number of piperazine rings is 1. The molecular weight excluding hydrogens is 460 g/mol. The van der Waals surface area contributed by atoms with Crippen LogP contribution in [0.4, 0.5) is 4.79 Å². The number of benzene rings is 2. The largest absolute Gasteiger partial charge is 0.486 e. The lowest BCUT2D eigenvalue weighted by Crippen LogP contribution is -2.47. The second-order valence-corrected chi connectivity index (χ2v) is 8.88. The van der Waals surface area contributed by atoms with E-state index in [1.54, 1.807) is 6.26 Å². The predicted molar refractivity (Wildman–Crippen MR) is 133 cm³/mol. The van der Waals surface area contributed by atoms with E-state index in [4.69, 9.17) is 19.0 Å². The Labute approximate surface area is 208 Å². The Morgan fingerprint density at radius 2 is 1.67 bits per heavy atom. The first-order valence-electron chi connectivity index (χ1n) is 12.0. The first-order valence-corrected chi connectivity index (χ1v) is 12.0. The SMILES string of the molecule is O=C(O)N1CCN(Cc2cn(-c3ccc(-c4ccc5c(c4)OCCO5)cc3)nc2-c2ccco2)CC1. The summed E-state index contributed by atoms with van der Waals surface area (Å²) in [6.45, 7) is 4.16. The molecule has 36 heavy (non-hydrogen) atoms. The molecule has 0 bridgehead atoms. The van der Waals surface area contributed by atoms with Crippen molar-refractivity contribution in [2.75, 3.05) is 39.4 Å². The van der Waals surface area contributed by atoms with Crippen LogP contribution in [-0.4, -0.2) is 70.2 Å². The average Bonchev–Trinajstić information content (AvgIpc) is 3.59. The van der Waals surface area contributed by atoms with Crippen LogP contribution in [0.5, 0.6) is 11.5 Å². The fourth-order valence-corrected chi connectivity index (χ4v) is 4.65. The first-order chi connectivity index (χ1) is 17.6. The predicted octanol–water partition coefficient (Wildman–Crippen LogP) is 4.37. The van der Waals surface area contributed by atoms with Crippen molar-refractivity contribution in [3.05, 3.63) is 72.6 Å². The lowest BCUT2D eigenvalue weighted by Gasteiger charge is -2.32. The molecule has 2 aromatic carbocycles. The number of hydrogen-bond acceptors (Lipinski definition) is 6. The number of carboxylic acid groups (broad SMARTS) is 1. The fraction of sp³-hybridized carbons (Fsp3) is 0.259. The van der Waals surface area contributed by atoms with Crippen molar-refractivity contribution in [2.45, 2.75) is 6.54 Å². The molecule has 1 saturated heterocycles. The normalized spacial score (nSPS) is 15.7. The summed E-state index contributed by atoms with van der Waals surface area (Å²) in [7, 11) is 0. The average molecular weight is 487 g/mol. The van der Waals surface area contributed by atoms with Crippen molar-refractivity contribution >= 4 is 6.09 Å². The highest BCUT2D eigenvalue weighted by molar-refractivity contribution is 5.68. The van der Waals surface area contributed by atoms with Gasteiger partial charge in [0.05, 0.1) is 12.0 Å². The monoisotopic (exact) mass is 486 g/mol. The van der Waals surface area contributed by atoms with Gasteiger partial charge in [-0.3, -0.25) is 4.90 Å². The summed E-state index contributed by atoms with van der Waals surface area (Å²) in [4.78, 5) is 14.9. The standard InChI is InChI=1S/C27H26N4O5/c32-27(33)30-11-9-29(10-12-30)17-21-18-31(28-26(21)24-2-1-13-34-24)22-6-3-19(4-7-22)20-5-8-23-25(16-20)36-15-14-35-23/h1-8,13,16,18H,9-12,14-15,17H2,(H,32,33). The van der Waals surface area contributed by atoms with E-state index in [0.29, 0.717) is 51.7 Å². The van der Waals surface area contributed by atoms with Crippen molar-refractivity contribution in [3.8, 4) is 39.8 Å². The zero-order chi connectivity index (χ0) is 24.5. The van der Waals surface area contributed by atoms with Crippen LogP contribution in [0.2, 0.25) is 0 Å². The fourth-order valence-electron chi connectivity index (χ4n) is 4.65. The van der Waals surface area contributed by atoms with E-state index in [1.165, 1.54) is 4.90 Å². The number of carbonyl (C=O) groups is 1. The van der Waals surface area contributed by atoms with Gasteiger partial charge in [0, 0.05) is 44.5 Å². The molecule has 2 aliphatic rings. The van der Waals surface area contributed by atoms with Crippen LogP contribution < -0.4 is 9.47 Å². The van der Waals surface area contributed by atoms with E-state index in [0.717, 1.165) is 39.6 Å². The molecule has 0 unspecified atom stereocenters. The molecule has 2 aliphatic heterocycles. The van der Waals surface area contributed by atoms with Gasteiger partial charge in [-0.15, -0.1) is 0 Å². The Morgan fingerprint density at radius 3 is 2.39 bits per heavy atom. The van der Waals surface area contributed by atoms with Crippen molar-refractivity contribution in [1.82, 2.24) is 19.6 Å². The highest BCUT2D eigenvalue weighted by Crippen LogP contribution is 2.35. The van der Waals surface area contributed by atoms with Crippen molar-refractivity contribution in [2.24, 2.45) is 0 Å². The lowest BCUT2D eigenvalue weighted by atomic mass is 10.0. The third kappa shape index (κ3) is 4.40. The molecular formula is C27H26N4O5. The Morgan fingerprint density at radius 1 is 0.917 bits per heavy atom. The molecule has 0 aliphatic carbocycles. The molecule has 9 nitrogen and oxygen atoms in total. The number of rotatable bonds is 5. The molecule has 0 spiro atoms. The van der Waals surface area contributed by atoms with Gasteiger partial charge in [0.15, 0.2) is 17.3 Å². The molecule has 2 aromatic heterocycles. The topological polar surface area (TPSA) is 93.2 Å². The molecule has 0 atom stereocenters. The summed E-state index contributed by atoms with van der Waals surface area (Å²) in [5, 5.41) is 14.1. The second kappa shape index (κ2) is 9.43. The van der Waals surface area contributed by atoms with E-state index in [2.05, 4.69) is 17.0 Å². The number of aromatic nitrogens is 2. The summed E-state index contributed by atoms with van der Waals surface area (Å²) in [5.74, 6) is 2.26. The summed E-state index contributed by atoms with van der Waals surface area (Å²) in [5.41, 5.74) is 4.89. The molecule has 4 aromatic rings. The van der Waals surface area contributed by atoms with E-state index < -0.39 is 6.09 Å². The van der Waals surface area contributed by atoms with Gasteiger partial charge in [0.25, 0.3) is 0 Å². The van der Waals surface area contributed by atoms with Gasteiger partial charge in [0.2, 0.25) is 0 Å². The highest BCUT2D eigenvalue weighted by atomic mass is 16.6. The molecule has 1 amide bonds. The molecule has 0 saturated carbocycles. The summed E-state index contributed by atoms with van der Waals surface area (Å²) < 4.78 is 18.9. The van der Waals surface area contributed by atoms with E-state index in [1.807, 2.05) is 53.3 Å². The summed E-state index contributed by atoms with van der Waals surface area (Å²) in [6, 6.07) is 18.0. The van der Waals surface area contributed by atoms with Gasteiger partial charge in [-0.2, -0.15) is 5.10 Å². The smallest absolute Gasteiger partial charge is 0.407 e. The van der Waals surface area contributed by atoms with Crippen LogP contribution in [-0.2, 0) is 6.54 Å². The van der Waals surface area contributed by atoms with Gasteiger partial charge >= 0.3 is 6.09 Å². The van der Waals surface area contributed by atoms with Crippen LogP contribution >= 0.6 is 0 Å². The Hall–Kier alpha value is -4.24. The molecule has 0 radical (unpaired) electrons. The zero-order valence-corrected chi connectivity index (χ0v) is 19.7. The number of nitrogens with zero attached hydrogens (tertiary/aromatic N) is 4. The minimum atomic E-state index is -0.863. The van der Waals surface area contributed by atoms with Gasteiger partial charge in [-0.05, 0) is 47.5 Å². The van der Waals surface area contributed by atoms with Crippen molar-refractivity contribution in [1.29, 1.82) is 0 Å².